The lowest BCUT2D eigenvalue weighted by molar-refractivity contribution is -0.148. The van der Waals surface area contributed by atoms with E-state index in [0.717, 1.165) is 18.4 Å². The van der Waals surface area contributed by atoms with Crippen LogP contribution in [0.5, 0.6) is 0 Å². The molecule has 0 saturated heterocycles. The van der Waals surface area contributed by atoms with Crippen molar-refractivity contribution in [2.75, 3.05) is 6.61 Å². The summed E-state index contributed by atoms with van der Waals surface area (Å²) in [5.41, 5.74) is 0.344. The summed E-state index contributed by atoms with van der Waals surface area (Å²) in [6.45, 7) is 10.8. The number of ether oxygens (including phenoxy) is 1. The molecule has 0 aromatic carbocycles. The second-order valence-corrected chi connectivity index (χ2v) is 8.93. The third kappa shape index (κ3) is 8.64. The molecular weight excluding hydrogens is 380 g/mol. The van der Waals surface area contributed by atoms with Crippen molar-refractivity contribution in [3.8, 4) is 0 Å². The second kappa shape index (κ2) is 11.2. The number of hydrogen-bond donors (Lipinski definition) is 2. The van der Waals surface area contributed by atoms with Crippen molar-refractivity contribution >= 4 is 11.8 Å². The molecule has 1 aliphatic rings. The van der Waals surface area contributed by atoms with E-state index >= 15 is 0 Å². The van der Waals surface area contributed by atoms with E-state index in [1.165, 1.54) is 30.7 Å². The average Bonchev–Trinajstić information content (AvgIpc) is 2.63. The van der Waals surface area contributed by atoms with Gasteiger partial charge < -0.3 is 14.9 Å². The molecule has 0 bridgehead atoms. The van der Waals surface area contributed by atoms with Crippen molar-refractivity contribution < 1.29 is 24.5 Å². The molecule has 2 N–H and O–H groups in total. The van der Waals surface area contributed by atoms with E-state index in [1.807, 2.05) is 26.8 Å². The smallest absolute Gasteiger partial charge is 0.331 e. The van der Waals surface area contributed by atoms with Gasteiger partial charge in [-0.15, -0.1) is 0 Å². The Balaban J connectivity index is 3.38. The number of rotatable bonds is 6. The Morgan fingerprint density at radius 3 is 2.43 bits per heavy atom. The van der Waals surface area contributed by atoms with E-state index in [0.29, 0.717) is 6.42 Å². The molecule has 5 nitrogen and oxygen atoms in total. The molecular formula is C25H36O5. The predicted octanol–water partition coefficient (Wildman–Crippen LogP) is 4.37. The van der Waals surface area contributed by atoms with E-state index in [2.05, 4.69) is 6.08 Å². The standard InChI is InChI=1S/C25H36O5/c1-18(2)8-7-12-24(5)13-9-20(17-26)21(27)10-15-25(6,29)22(11-14-24)30-23(28)16-19(3)4/h8-11,14-16,22,26,29H,7,12-13,17H2,1-6H3/b14-11-,15-10-,20-9-/t22-,24-,25-/m0/s1. The minimum atomic E-state index is -1.59. The number of aliphatic hydroxyl groups is 2. The molecule has 0 fully saturated rings. The van der Waals surface area contributed by atoms with Crippen LogP contribution >= 0.6 is 0 Å². The highest BCUT2D eigenvalue weighted by atomic mass is 16.6. The lowest BCUT2D eigenvalue weighted by atomic mass is 9.80. The Morgan fingerprint density at radius 2 is 1.87 bits per heavy atom. The molecule has 0 saturated carbocycles. The SMILES string of the molecule is CC(C)=CCC[C@]1(C)/C=C\[C@H](OC(=O)C=C(C)C)[C@@](C)(O)/C=C\C(=O)/C(CO)=C\C1. The van der Waals surface area contributed by atoms with Gasteiger partial charge in [0.2, 0.25) is 0 Å². The molecule has 0 unspecified atom stereocenters. The zero-order valence-corrected chi connectivity index (χ0v) is 19.1. The number of carbonyl (C=O) groups is 2. The number of ketones is 1. The van der Waals surface area contributed by atoms with Crippen molar-refractivity contribution in [2.45, 2.75) is 72.5 Å². The molecule has 0 aromatic rings. The van der Waals surface area contributed by atoms with Gasteiger partial charge in [-0.05, 0) is 77.5 Å². The van der Waals surface area contributed by atoms with Crippen LogP contribution in [0.15, 0.2) is 59.3 Å². The van der Waals surface area contributed by atoms with Crippen molar-refractivity contribution in [1.29, 1.82) is 0 Å². The van der Waals surface area contributed by atoms with Crippen LogP contribution in [0.3, 0.4) is 0 Å². The summed E-state index contributed by atoms with van der Waals surface area (Å²) in [6, 6.07) is 0. The first kappa shape index (κ1) is 25.8. The van der Waals surface area contributed by atoms with Gasteiger partial charge in [0.15, 0.2) is 11.9 Å². The minimum Gasteiger partial charge on any atom is -0.452 e. The molecule has 1 aliphatic carbocycles. The molecule has 0 heterocycles. The van der Waals surface area contributed by atoms with Crippen LogP contribution in [0.2, 0.25) is 0 Å². The lowest BCUT2D eigenvalue weighted by Gasteiger charge is -2.29. The Hall–Kier alpha value is -2.24. The minimum absolute atomic E-state index is 0.281. The first-order valence-corrected chi connectivity index (χ1v) is 10.3. The fourth-order valence-corrected chi connectivity index (χ4v) is 3.06. The molecule has 0 aliphatic heterocycles. The lowest BCUT2D eigenvalue weighted by Crippen LogP contribution is -2.39. The van der Waals surface area contributed by atoms with Crippen molar-refractivity contribution in [2.24, 2.45) is 5.41 Å². The first-order chi connectivity index (χ1) is 13.9. The number of hydrogen-bond acceptors (Lipinski definition) is 5. The van der Waals surface area contributed by atoms with Crippen LogP contribution in [0.25, 0.3) is 0 Å². The van der Waals surface area contributed by atoms with Crippen LogP contribution in [-0.2, 0) is 14.3 Å². The third-order valence-electron chi connectivity index (χ3n) is 5.04. The Bertz CT molecular complexity index is 771. The maximum absolute atomic E-state index is 12.5. The number of carbonyl (C=O) groups excluding carboxylic acids is 2. The highest BCUT2D eigenvalue weighted by molar-refractivity contribution is 6.04. The van der Waals surface area contributed by atoms with Crippen molar-refractivity contribution in [1.82, 2.24) is 0 Å². The number of aliphatic hydroxyl groups excluding tert-OH is 1. The van der Waals surface area contributed by atoms with Gasteiger partial charge in [0, 0.05) is 11.6 Å². The summed E-state index contributed by atoms with van der Waals surface area (Å²) in [5.74, 6) is -0.930. The van der Waals surface area contributed by atoms with Crippen LogP contribution < -0.4 is 0 Å². The summed E-state index contributed by atoms with van der Waals surface area (Å²) in [6.07, 6.45) is 12.7. The van der Waals surface area contributed by atoms with Gasteiger partial charge in [-0.2, -0.15) is 0 Å². The van der Waals surface area contributed by atoms with E-state index in [-0.39, 0.29) is 23.4 Å². The summed E-state index contributed by atoms with van der Waals surface area (Å²) < 4.78 is 5.52. The zero-order chi connectivity index (χ0) is 22.9. The Kier molecular flexibility index (Phi) is 9.66. The predicted molar refractivity (Wildman–Crippen MR) is 120 cm³/mol. The van der Waals surface area contributed by atoms with Gasteiger partial charge in [0.25, 0.3) is 0 Å². The molecule has 0 spiro atoms. The van der Waals surface area contributed by atoms with Crippen LogP contribution in [0.1, 0.15) is 60.8 Å². The third-order valence-corrected chi connectivity index (χ3v) is 5.04. The fourth-order valence-electron chi connectivity index (χ4n) is 3.06. The maximum Gasteiger partial charge on any atom is 0.331 e. The highest BCUT2D eigenvalue weighted by Gasteiger charge is 2.32. The van der Waals surface area contributed by atoms with Gasteiger partial charge in [-0.3, -0.25) is 4.79 Å². The van der Waals surface area contributed by atoms with Crippen molar-refractivity contribution in [3.63, 3.8) is 0 Å². The molecule has 30 heavy (non-hydrogen) atoms. The van der Waals surface area contributed by atoms with Crippen LogP contribution in [-0.4, -0.2) is 40.3 Å². The quantitative estimate of drug-likeness (QED) is 0.382. The molecule has 0 radical (unpaired) electrons. The highest BCUT2D eigenvalue weighted by Crippen LogP contribution is 2.33. The van der Waals surface area contributed by atoms with Gasteiger partial charge >= 0.3 is 5.97 Å². The van der Waals surface area contributed by atoms with E-state index in [4.69, 9.17) is 4.74 Å². The van der Waals surface area contributed by atoms with E-state index in [9.17, 15) is 19.8 Å². The molecule has 5 heteroatoms. The van der Waals surface area contributed by atoms with Crippen LogP contribution in [0.4, 0.5) is 0 Å². The topological polar surface area (TPSA) is 83.8 Å². The summed E-state index contributed by atoms with van der Waals surface area (Å²) in [5, 5.41) is 20.6. The maximum atomic E-state index is 12.5. The normalized spacial score (nSPS) is 30.9. The molecule has 3 atom stereocenters. The fraction of sp³-hybridized carbons (Fsp3) is 0.520. The molecule has 1 rings (SSSR count). The summed E-state index contributed by atoms with van der Waals surface area (Å²) in [4.78, 5) is 24.7. The van der Waals surface area contributed by atoms with Gasteiger partial charge in [0.05, 0.1) is 6.61 Å². The Morgan fingerprint density at radius 1 is 1.20 bits per heavy atom. The summed E-state index contributed by atoms with van der Waals surface area (Å²) >= 11 is 0. The van der Waals surface area contributed by atoms with E-state index in [1.54, 1.807) is 26.0 Å². The van der Waals surface area contributed by atoms with Gasteiger partial charge in [0.1, 0.15) is 5.60 Å². The average molecular weight is 417 g/mol. The number of esters is 1. The van der Waals surface area contributed by atoms with Crippen molar-refractivity contribution in [3.05, 3.63) is 59.3 Å². The Labute approximate surface area is 180 Å². The van der Waals surface area contributed by atoms with Gasteiger partial charge in [-0.25, -0.2) is 4.79 Å². The van der Waals surface area contributed by atoms with E-state index < -0.39 is 17.7 Å². The largest absolute Gasteiger partial charge is 0.452 e. The molecule has 0 aromatic heterocycles. The molecule has 0 amide bonds. The van der Waals surface area contributed by atoms with Crippen LogP contribution in [0, 0.1) is 5.41 Å². The zero-order valence-electron chi connectivity index (χ0n) is 19.1. The van der Waals surface area contributed by atoms with Gasteiger partial charge in [-0.1, -0.05) is 36.3 Å². The second-order valence-electron chi connectivity index (χ2n) is 8.93. The monoisotopic (exact) mass is 416 g/mol. The first-order valence-electron chi connectivity index (χ1n) is 10.3. The number of allylic oxidation sites excluding steroid dienone is 6. The summed E-state index contributed by atoms with van der Waals surface area (Å²) in [7, 11) is 0. The molecule has 166 valence electrons.